The highest BCUT2D eigenvalue weighted by Gasteiger charge is 2.35. The Kier molecular flexibility index (Phi) is 3.91. The Balaban J connectivity index is 2.10. The Morgan fingerprint density at radius 3 is 2.56 bits per heavy atom. The average Bonchev–Trinajstić information content (AvgIpc) is 2.78. The molecule has 0 spiro atoms. The topological polar surface area (TPSA) is 27.1 Å². The lowest BCUT2D eigenvalue weighted by atomic mass is 9.82. The van der Waals surface area contributed by atoms with Gasteiger partial charge in [-0.05, 0) is 24.7 Å². The fourth-order valence-corrected chi connectivity index (χ4v) is 2.53. The third-order valence-electron chi connectivity index (χ3n) is 3.32. The van der Waals surface area contributed by atoms with Gasteiger partial charge in [0.05, 0.1) is 0 Å². The molecule has 0 aliphatic carbocycles. The Hall–Kier alpha value is -0.690. The van der Waals surface area contributed by atoms with E-state index in [1.807, 2.05) is 0 Å². The Labute approximate surface area is 109 Å². The van der Waals surface area contributed by atoms with Gasteiger partial charge in [-0.15, -0.1) is 0 Å². The molecule has 0 unspecified atom stereocenters. The van der Waals surface area contributed by atoms with Gasteiger partial charge in [-0.25, -0.2) is 0 Å². The van der Waals surface area contributed by atoms with Crippen molar-refractivity contribution in [3.63, 3.8) is 0 Å². The second kappa shape index (κ2) is 5.13. The average molecular weight is 280 g/mol. The lowest BCUT2D eigenvalue weighted by Gasteiger charge is -2.35. The van der Waals surface area contributed by atoms with Gasteiger partial charge in [0.1, 0.15) is 0 Å². The highest BCUT2D eigenvalue weighted by Crippen LogP contribution is 2.34. The van der Waals surface area contributed by atoms with E-state index >= 15 is 0 Å². The standard InChI is InChI=1S/C11H15F3N2OS/c12-11(13,14)9-1-4-16(15-9)7-10(8-18)2-5-17-6-3-10/h1,4,18H,2-3,5-8H2. The number of nitrogens with zero attached hydrogens (tertiary/aromatic N) is 2. The zero-order valence-electron chi connectivity index (χ0n) is 9.78. The maximum atomic E-state index is 12.4. The number of halogens is 3. The molecule has 1 saturated heterocycles. The van der Waals surface area contributed by atoms with E-state index < -0.39 is 11.9 Å². The van der Waals surface area contributed by atoms with Crippen molar-refractivity contribution in [3.8, 4) is 0 Å². The van der Waals surface area contributed by atoms with Crippen molar-refractivity contribution in [2.24, 2.45) is 5.41 Å². The van der Waals surface area contributed by atoms with E-state index in [2.05, 4.69) is 17.7 Å². The summed E-state index contributed by atoms with van der Waals surface area (Å²) >= 11 is 4.32. The minimum absolute atomic E-state index is 0.115. The van der Waals surface area contributed by atoms with Gasteiger partial charge in [-0.3, -0.25) is 4.68 Å². The monoisotopic (exact) mass is 280 g/mol. The van der Waals surface area contributed by atoms with Crippen LogP contribution in [0.1, 0.15) is 18.5 Å². The highest BCUT2D eigenvalue weighted by atomic mass is 32.1. The molecule has 0 N–H and O–H groups in total. The molecular formula is C11H15F3N2OS. The summed E-state index contributed by atoms with van der Waals surface area (Å²) in [5.74, 6) is 0.623. The van der Waals surface area contributed by atoms with Crippen molar-refractivity contribution in [2.45, 2.75) is 25.6 Å². The maximum Gasteiger partial charge on any atom is 0.435 e. The zero-order chi connectivity index (χ0) is 13.2. The third-order valence-corrected chi connectivity index (χ3v) is 3.99. The second-order valence-corrected chi connectivity index (χ2v) is 4.98. The summed E-state index contributed by atoms with van der Waals surface area (Å²) in [4.78, 5) is 0. The van der Waals surface area contributed by atoms with Gasteiger partial charge in [0, 0.05) is 31.4 Å². The summed E-state index contributed by atoms with van der Waals surface area (Å²) in [6.45, 7) is 1.72. The van der Waals surface area contributed by atoms with Crippen LogP contribution in [-0.2, 0) is 17.5 Å². The van der Waals surface area contributed by atoms with Crippen molar-refractivity contribution in [1.82, 2.24) is 9.78 Å². The predicted octanol–water partition coefficient (Wildman–Crippen LogP) is 2.63. The lowest BCUT2D eigenvalue weighted by molar-refractivity contribution is -0.141. The lowest BCUT2D eigenvalue weighted by Crippen LogP contribution is -2.35. The first-order valence-electron chi connectivity index (χ1n) is 5.74. The van der Waals surface area contributed by atoms with Gasteiger partial charge in [-0.1, -0.05) is 0 Å². The number of alkyl halides is 3. The summed E-state index contributed by atoms with van der Waals surface area (Å²) in [7, 11) is 0. The van der Waals surface area contributed by atoms with Crippen LogP contribution in [-0.4, -0.2) is 28.7 Å². The van der Waals surface area contributed by atoms with Crippen molar-refractivity contribution in [2.75, 3.05) is 19.0 Å². The molecule has 2 rings (SSSR count). The maximum absolute atomic E-state index is 12.4. The van der Waals surface area contributed by atoms with Crippen LogP contribution >= 0.6 is 12.6 Å². The fraction of sp³-hybridized carbons (Fsp3) is 0.727. The first kappa shape index (κ1) is 13.7. The smallest absolute Gasteiger partial charge is 0.381 e. The summed E-state index contributed by atoms with van der Waals surface area (Å²) in [6, 6.07) is 1.01. The minimum atomic E-state index is -4.38. The predicted molar refractivity (Wildman–Crippen MR) is 63.6 cm³/mol. The van der Waals surface area contributed by atoms with E-state index in [0.717, 1.165) is 18.9 Å². The molecule has 0 atom stereocenters. The molecule has 1 aliphatic rings. The summed E-state index contributed by atoms with van der Waals surface area (Å²) in [5.41, 5.74) is -0.958. The zero-order valence-corrected chi connectivity index (χ0v) is 10.7. The number of thiol groups is 1. The molecule has 1 aromatic rings. The molecule has 18 heavy (non-hydrogen) atoms. The minimum Gasteiger partial charge on any atom is -0.381 e. The van der Waals surface area contributed by atoms with Gasteiger partial charge < -0.3 is 4.74 Å². The van der Waals surface area contributed by atoms with Crippen LogP contribution in [0.3, 0.4) is 0 Å². The van der Waals surface area contributed by atoms with E-state index in [0.29, 0.717) is 25.5 Å². The van der Waals surface area contributed by atoms with E-state index in [1.165, 1.54) is 10.9 Å². The van der Waals surface area contributed by atoms with Gasteiger partial charge in [0.15, 0.2) is 5.69 Å². The Morgan fingerprint density at radius 1 is 1.39 bits per heavy atom. The SMILES string of the molecule is FC(F)(F)c1ccn(CC2(CS)CCOCC2)n1. The first-order chi connectivity index (χ1) is 8.45. The van der Waals surface area contributed by atoms with Gasteiger partial charge in [-0.2, -0.15) is 30.9 Å². The van der Waals surface area contributed by atoms with Crippen LogP contribution in [0.15, 0.2) is 12.3 Å². The van der Waals surface area contributed by atoms with E-state index in [9.17, 15) is 13.2 Å². The van der Waals surface area contributed by atoms with Crippen LogP contribution in [0.4, 0.5) is 13.2 Å². The van der Waals surface area contributed by atoms with Crippen molar-refractivity contribution in [3.05, 3.63) is 18.0 Å². The summed E-state index contributed by atoms with van der Waals surface area (Å²) in [6.07, 6.45) is -1.39. The van der Waals surface area contributed by atoms with E-state index in [-0.39, 0.29) is 5.41 Å². The molecule has 0 amide bonds. The number of hydrogen-bond acceptors (Lipinski definition) is 3. The van der Waals surface area contributed by atoms with Crippen molar-refractivity contribution in [1.29, 1.82) is 0 Å². The van der Waals surface area contributed by atoms with Crippen LogP contribution in [0, 0.1) is 5.41 Å². The van der Waals surface area contributed by atoms with Crippen LogP contribution in [0.5, 0.6) is 0 Å². The normalized spacial score (nSPS) is 20.0. The fourth-order valence-electron chi connectivity index (χ4n) is 2.12. The number of aromatic nitrogens is 2. The quantitative estimate of drug-likeness (QED) is 0.862. The molecule has 0 radical (unpaired) electrons. The van der Waals surface area contributed by atoms with Gasteiger partial charge in [0.2, 0.25) is 0 Å². The first-order valence-corrected chi connectivity index (χ1v) is 6.38. The van der Waals surface area contributed by atoms with Crippen molar-refractivity contribution >= 4 is 12.6 Å². The van der Waals surface area contributed by atoms with Gasteiger partial charge in [0.25, 0.3) is 0 Å². The van der Waals surface area contributed by atoms with Crippen LogP contribution < -0.4 is 0 Å². The molecule has 7 heteroatoms. The van der Waals surface area contributed by atoms with E-state index in [4.69, 9.17) is 4.74 Å². The van der Waals surface area contributed by atoms with E-state index in [1.54, 1.807) is 0 Å². The molecule has 3 nitrogen and oxygen atoms in total. The number of rotatable bonds is 3. The second-order valence-electron chi connectivity index (χ2n) is 4.67. The molecule has 0 aromatic carbocycles. The highest BCUT2D eigenvalue weighted by molar-refractivity contribution is 7.80. The van der Waals surface area contributed by atoms with Crippen molar-refractivity contribution < 1.29 is 17.9 Å². The molecule has 2 heterocycles. The summed E-state index contributed by atoms with van der Waals surface area (Å²) < 4.78 is 44.0. The molecular weight excluding hydrogens is 265 g/mol. The van der Waals surface area contributed by atoms with Gasteiger partial charge >= 0.3 is 6.18 Å². The molecule has 0 bridgehead atoms. The molecule has 1 aromatic heterocycles. The largest absolute Gasteiger partial charge is 0.435 e. The Morgan fingerprint density at radius 2 is 2.06 bits per heavy atom. The molecule has 0 saturated carbocycles. The number of hydrogen-bond donors (Lipinski definition) is 1. The summed E-state index contributed by atoms with van der Waals surface area (Å²) in [5, 5.41) is 3.59. The molecule has 1 aliphatic heterocycles. The third kappa shape index (κ3) is 3.00. The molecule has 102 valence electrons. The Bertz CT molecular complexity index is 399. The van der Waals surface area contributed by atoms with Crippen LogP contribution in [0.2, 0.25) is 0 Å². The molecule has 1 fully saturated rings. The van der Waals surface area contributed by atoms with Crippen LogP contribution in [0.25, 0.3) is 0 Å². The number of ether oxygens (including phenoxy) is 1.